The van der Waals surface area contributed by atoms with E-state index in [1.165, 1.54) is 7.11 Å². The van der Waals surface area contributed by atoms with Crippen molar-refractivity contribution in [1.82, 2.24) is 4.90 Å². The summed E-state index contributed by atoms with van der Waals surface area (Å²) in [7, 11) is 1.52. The van der Waals surface area contributed by atoms with Crippen molar-refractivity contribution in [3.8, 4) is 0 Å². The van der Waals surface area contributed by atoms with Gasteiger partial charge in [0, 0.05) is 19.6 Å². The predicted molar refractivity (Wildman–Crippen MR) is 68.7 cm³/mol. The molecule has 0 aromatic heterocycles. The monoisotopic (exact) mass is 273 g/mol. The van der Waals surface area contributed by atoms with Crippen molar-refractivity contribution in [1.29, 1.82) is 0 Å². The lowest BCUT2D eigenvalue weighted by molar-refractivity contribution is -0.132. The largest absolute Gasteiger partial charge is 0.444 e. The molecule has 2 atom stereocenters. The van der Waals surface area contributed by atoms with Crippen molar-refractivity contribution < 1.29 is 23.8 Å². The zero-order valence-corrected chi connectivity index (χ0v) is 12.0. The zero-order chi connectivity index (χ0) is 14.5. The summed E-state index contributed by atoms with van der Waals surface area (Å²) in [6.07, 6.45) is 0.755. The van der Waals surface area contributed by atoms with E-state index in [0.29, 0.717) is 19.5 Å². The van der Waals surface area contributed by atoms with Crippen molar-refractivity contribution in [3.63, 3.8) is 0 Å². The van der Waals surface area contributed by atoms with E-state index in [2.05, 4.69) is 0 Å². The smallest absolute Gasteiger partial charge is 0.410 e. The van der Waals surface area contributed by atoms with Crippen molar-refractivity contribution in [2.75, 3.05) is 27.0 Å². The van der Waals surface area contributed by atoms with E-state index in [1.807, 2.05) is 20.8 Å². The molecule has 110 valence electrons. The molecule has 0 N–H and O–H groups in total. The van der Waals surface area contributed by atoms with Crippen LogP contribution in [0.2, 0.25) is 0 Å². The summed E-state index contributed by atoms with van der Waals surface area (Å²) in [5.41, 5.74) is -0.526. The molecule has 1 amide bonds. The summed E-state index contributed by atoms with van der Waals surface area (Å²) < 4.78 is 15.6. The standard InChI is InChI=1S/C13H23NO5/c1-13(2,3)19-12(16)14-6-5-10(8-15)11(7-14)18-9-17-4/h8,10-11H,5-7,9H2,1-4H3/t10-,11+/m0/s1. The van der Waals surface area contributed by atoms with Crippen molar-refractivity contribution in [3.05, 3.63) is 0 Å². The second-order valence-electron chi connectivity index (χ2n) is 5.63. The second kappa shape index (κ2) is 6.86. The minimum atomic E-state index is -0.526. The molecule has 0 aromatic rings. The van der Waals surface area contributed by atoms with Gasteiger partial charge >= 0.3 is 6.09 Å². The zero-order valence-electron chi connectivity index (χ0n) is 12.0. The number of ether oxygens (including phenoxy) is 3. The third kappa shape index (κ3) is 5.16. The predicted octanol–water partition coefficient (Wildman–Crippen LogP) is 1.43. The number of rotatable bonds is 4. The molecule has 1 heterocycles. The average molecular weight is 273 g/mol. The molecule has 0 spiro atoms. The van der Waals surface area contributed by atoms with E-state index in [-0.39, 0.29) is 24.9 Å². The third-order valence-corrected chi connectivity index (χ3v) is 2.84. The topological polar surface area (TPSA) is 65.1 Å². The van der Waals surface area contributed by atoms with Gasteiger partial charge in [-0.3, -0.25) is 0 Å². The van der Waals surface area contributed by atoms with E-state index in [0.717, 1.165) is 6.29 Å². The molecule has 1 aliphatic heterocycles. The van der Waals surface area contributed by atoms with Crippen LogP contribution in [0.3, 0.4) is 0 Å². The molecule has 1 fully saturated rings. The van der Waals surface area contributed by atoms with Crippen LogP contribution in [0, 0.1) is 5.92 Å². The first kappa shape index (κ1) is 15.9. The number of amides is 1. The van der Waals surface area contributed by atoms with Gasteiger partial charge < -0.3 is 23.9 Å². The first-order valence-electron chi connectivity index (χ1n) is 6.41. The Labute approximate surface area is 114 Å². The molecule has 1 rings (SSSR count). The summed E-state index contributed by atoms with van der Waals surface area (Å²) >= 11 is 0. The van der Waals surface area contributed by atoms with Gasteiger partial charge in [-0.25, -0.2) is 4.79 Å². The molecule has 0 radical (unpaired) electrons. The van der Waals surface area contributed by atoms with Crippen molar-refractivity contribution in [2.45, 2.75) is 38.9 Å². The lowest BCUT2D eigenvalue weighted by atomic mass is 9.95. The molecule has 6 heteroatoms. The van der Waals surface area contributed by atoms with Gasteiger partial charge in [0.1, 0.15) is 18.7 Å². The van der Waals surface area contributed by atoms with Gasteiger partial charge in [-0.2, -0.15) is 0 Å². The van der Waals surface area contributed by atoms with E-state index >= 15 is 0 Å². The SMILES string of the molecule is COCO[C@@H]1CN(C(=O)OC(C)(C)C)CC[C@H]1C=O. The number of nitrogens with zero attached hydrogens (tertiary/aromatic N) is 1. The maximum atomic E-state index is 12.0. The number of likely N-dealkylation sites (tertiary alicyclic amines) is 1. The second-order valence-corrected chi connectivity index (χ2v) is 5.63. The molecule has 0 unspecified atom stereocenters. The normalized spacial score (nSPS) is 24.1. The summed E-state index contributed by atoms with van der Waals surface area (Å²) in [6.45, 7) is 6.43. The Balaban J connectivity index is 2.58. The quantitative estimate of drug-likeness (QED) is 0.572. The summed E-state index contributed by atoms with van der Waals surface area (Å²) in [5.74, 6) is -0.200. The third-order valence-electron chi connectivity index (χ3n) is 2.84. The lowest BCUT2D eigenvalue weighted by Gasteiger charge is -2.36. The van der Waals surface area contributed by atoms with Crippen LogP contribution in [0.1, 0.15) is 27.2 Å². The molecule has 19 heavy (non-hydrogen) atoms. The number of aldehydes is 1. The molecular weight excluding hydrogens is 250 g/mol. The van der Waals surface area contributed by atoms with E-state index in [9.17, 15) is 9.59 Å². The van der Waals surface area contributed by atoms with Crippen LogP contribution in [-0.4, -0.2) is 56.0 Å². The summed E-state index contributed by atoms with van der Waals surface area (Å²) in [6, 6.07) is 0. The van der Waals surface area contributed by atoms with Crippen molar-refractivity contribution in [2.24, 2.45) is 5.92 Å². The first-order chi connectivity index (χ1) is 8.87. The fourth-order valence-electron chi connectivity index (χ4n) is 1.91. The lowest BCUT2D eigenvalue weighted by Crippen LogP contribution is -2.49. The Morgan fingerprint density at radius 2 is 2.11 bits per heavy atom. The van der Waals surface area contributed by atoms with Gasteiger partial charge in [0.05, 0.1) is 12.6 Å². The van der Waals surface area contributed by atoms with Gasteiger partial charge in [-0.15, -0.1) is 0 Å². The van der Waals surface area contributed by atoms with Crippen LogP contribution in [0.15, 0.2) is 0 Å². The number of carbonyl (C=O) groups excluding carboxylic acids is 2. The van der Waals surface area contributed by atoms with Crippen LogP contribution in [0.4, 0.5) is 4.79 Å². The molecule has 1 saturated heterocycles. The highest BCUT2D eigenvalue weighted by Gasteiger charge is 2.33. The molecule has 0 aromatic carbocycles. The Morgan fingerprint density at radius 3 is 2.63 bits per heavy atom. The highest BCUT2D eigenvalue weighted by molar-refractivity contribution is 5.68. The van der Waals surface area contributed by atoms with E-state index < -0.39 is 5.60 Å². The Hall–Kier alpha value is -1.14. The number of hydrogen-bond donors (Lipinski definition) is 0. The van der Waals surface area contributed by atoms with Crippen LogP contribution < -0.4 is 0 Å². The van der Waals surface area contributed by atoms with Gasteiger partial charge in [-0.1, -0.05) is 0 Å². The van der Waals surface area contributed by atoms with Crippen molar-refractivity contribution >= 4 is 12.4 Å². The van der Waals surface area contributed by atoms with E-state index in [4.69, 9.17) is 14.2 Å². The number of methoxy groups -OCH3 is 1. The highest BCUT2D eigenvalue weighted by atomic mass is 16.7. The number of piperidine rings is 1. The van der Waals surface area contributed by atoms with Crippen LogP contribution in [0.5, 0.6) is 0 Å². The Bertz CT molecular complexity index is 313. The fraction of sp³-hybridized carbons (Fsp3) is 0.846. The average Bonchev–Trinajstić information content (AvgIpc) is 2.33. The maximum Gasteiger partial charge on any atom is 0.410 e. The Kier molecular flexibility index (Phi) is 5.75. The highest BCUT2D eigenvalue weighted by Crippen LogP contribution is 2.21. The van der Waals surface area contributed by atoms with E-state index in [1.54, 1.807) is 4.90 Å². The molecule has 6 nitrogen and oxygen atoms in total. The van der Waals surface area contributed by atoms with Gasteiger partial charge in [0.2, 0.25) is 0 Å². The fourth-order valence-corrected chi connectivity index (χ4v) is 1.91. The maximum absolute atomic E-state index is 12.0. The van der Waals surface area contributed by atoms with Gasteiger partial charge in [0.15, 0.2) is 0 Å². The van der Waals surface area contributed by atoms with Crippen LogP contribution in [-0.2, 0) is 19.0 Å². The summed E-state index contributed by atoms with van der Waals surface area (Å²) in [4.78, 5) is 24.5. The molecule has 0 bridgehead atoms. The van der Waals surface area contributed by atoms with Gasteiger partial charge in [0.25, 0.3) is 0 Å². The molecule has 0 aliphatic carbocycles. The number of hydrogen-bond acceptors (Lipinski definition) is 5. The minimum absolute atomic E-state index is 0.108. The van der Waals surface area contributed by atoms with Crippen LogP contribution in [0.25, 0.3) is 0 Å². The number of carbonyl (C=O) groups is 2. The van der Waals surface area contributed by atoms with Gasteiger partial charge in [-0.05, 0) is 27.2 Å². The molecule has 1 aliphatic rings. The first-order valence-corrected chi connectivity index (χ1v) is 6.41. The Morgan fingerprint density at radius 1 is 1.42 bits per heavy atom. The molecule has 0 saturated carbocycles. The summed E-state index contributed by atoms with van der Waals surface area (Å²) in [5, 5.41) is 0. The van der Waals surface area contributed by atoms with Crippen LogP contribution >= 0.6 is 0 Å². The minimum Gasteiger partial charge on any atom is -0.444 e. The molecular formula is C13H23NO5.